The second-order valence-electron chi connectivity index (χ2n) is 3.52. The molecule has 0 nitrogen and oxygen atoms in total. The molecule has 0 heterocycles. The van der Waals surface area contributed by atoms with Gasteiger partial charge in [-0.25, -0.2) is 0 Å². The van der Waals surface area contributed by atoms with Gasteiger partial charge in [-0.1, -0.05) is 0 Å². The van der Waals surface area contributed by atoms with E-state index in [1.54, 1.807) is 33.6 Å². The van der Waals surface area contributed by atoms with Gasteiger partial charge in [0.05, 0.1) is 0 Å². The van der Waals surface area contributed by atoms with Crippen molar-refractivity contribution < 1.29 is 24.7 Å². The van der Waals surface area contributed by atoms with Crippen LogP contribution in [-0.4, -0.2) is 0 Å². The van der Waals surface area contributed by atoms with E-state index in [4.69, 9.17) is 0 Å². The van der Waals surface area contributed by atoms with E-state index in [-0.39, 0.29) is 37.2 Å². The molecule has 2 rings (SSSR count). The number of hydrogen-bond acceptors (Lipinski definition) is 0. The molecule has 0 saturated heterocycles. The van der Waals surface area contributed by atoms with Crippen LogP contribution in [0, 0.1) is 5.92 Å². The molecule has 0 aromatic heterocycles. The third-order valence-electron chi connectivity index (χ3n) is 2.76. The van der Waals surface area contributed by atoms with Crippen molar-refractivity contribution >= 4 is 37.2 Å². The molecule has 0 aromatic rings. The Kier molecular flexibility index (Phi) is 10.6. The van der Waals surface area contributed by atoms with Gasteiger partial charge >= 0.3 is 83.7 Å². The summed E-state index contributed by atoms with van der Waals surface area (Å²) in [5.74, 6) is 0.947. The summed E-state index contributed by atoms with van der Waals surface area (Å²) in [5.41, 5.74) is 1.71. The van der Waals surface area contributed by atoms with Crippen LogP contribution in [-0.2, 0) is 24.7 Å². The molecule has 1 saturated carbocycles. The Morgan fingerprint density at radius 3 is 2.07 bits per heavy atom. The quantitative estimate of drug-likeness (QED) is 0.674. The average molecular weight is 334 g/mol. The number of hydrogen-bond donors (Lipinski definition) is 0. The van der Waals surface area contributed by atoms with Gasteiger partial charge in [-0.3, -0.25) is 0 Å². The molecular weight excluding hydrogens is 318 g/mol. The van der Waals surface area contributed by atoms with Gasteiger partial charge < -0.3 is 0 Å². The van der Waals surface area contributed by atoms with Gasteiger partial charge in [0, 0.05) is 0 Å². The van der Waals surface area contributed by atoms with Crippen LogP contribution < -0.4 is 0 Å². The zero-order valence-corrected chi connectivity index (χ0v) is 12.9. The first kappa shape index (κ1) is 17.6. The summed E-state index contributed by atoms with van der Waals surface area (Å²) >= 11 is 1.64. The van der Waals surface area contributed by atoms with Gasteiger partial charge in [-0.2, -0.15) is 0 Å². The van der Waals surface area contributed by atoms with Crippen LogP contribution in [0.25, 0.3) is 0 Å². The average Bonchev–Trinajstić information content (AvgIpc) is 2.55. The Morgan fingerprint density at radius 2 is 1.64 bits per heavy atom. The van der Waals surface area contributed by atoms with E-state index < -0.39 is 0 Å². The van der Waals surface area contributed by atoms with Crippen molar-refractivity contribution in [2.45, 2.75) is 32.1 Å². The van der Waals surface area contributed by atoms with Crippen molar-refractivity contribution in [3.63, 3.8) is 0 Å². The van der Waals surface area contributed by atoms with Gasteiger partial charge in [0.15, 0.2) is 0 Å². The molecule has 81 valence electrons. The standard InChI is InChI=1S/C10H13.3ClH.Zr/c1-2-6-9(5-1)10-7-3-4-8-10;;;;/h1,5,10H,2-4,7-8H2;3*1H;. The molecule has 2 aliphatic carbocycles. The van der Waals surface area contributed by atoms with Gasteiger partial charge in [0.25, 0.3) is 0 Å². The van der Waals surface area contributed by atoms with E-state index in [1.807, 2.05) is 0 Å². The molecule has 0 amide bonds. The molecule has 14 heavy (non-hydrogen) atoms. The molecule has 0 N–H and O–H groups in total. The van der Waals surface area contributed by atoms with Crippen LogP contribution in [0.5, 0.6) is 0 Å². The first-order valence-corrected chi connectivity index (χ1v) is 5.72. The fraction of sp³-hybridized carbons (Fsp3) is 0.600. The third-order valence-corrected chi connectivity index (χ3v) is 3.97. The van der Waals surface area contributed by atoms with Crippen LogP contribution in [0.4, 0.5) is 0 Å². The molecule has 0 bridgehead atoms. The molecule has 1 fully saturated rings. The van der Waals surface area contributed by atoms with Gasteiger partial charge in [0.2, 0.25) is 0 Å². The van der Waals surface area contributed by atoms with Crippen LogP contribution in [0.15, 0.2) is 21.0 Å². The predicted molar refractivity (Wildman–Crippen MR) is 64.5 cm³/mol. The third kappa shape index (κ3) is 4.01. The summed E-state index contributed by atoms with van der Waals surface area (Å²) in [6.45, 7) is 0. The number of allylic oxidation sites excluding steroid dienone is 4. The van der Waals surface area contributed by atoms with Crippen molar-refractivity contribution in [1.82, 2.24) is 0 Å². The van der Waals surface area contributed by atoms with Crippen molar-refractivity contribution in [2.24, 2.45) is 5.92 Å². The topological polar surface area (TPSA) is 0 Å². The fourth-order valence-corrected chi connectivity index (χ4v) is 3.14. The molecule has 0 unspecified atom stereocenters. The van der Waals surface area contributed by atoms with Gasteiger partial charge in [0.1, 0.15) is 0 Å². The summed E-state index contributed by atoms with van der Waals surface area (Å²) in [4.78, 5) is 0. The van der Waals surface area contributed by atoms with Gasteiger partial charge in [-0.05, 0) is 0 Å². The maximum atomic E-state index is 2.38. The summed E-state index contributed by atoms with van der Waals surface area (Å²) in [7, 11) is 0. The molecule has 0 radical (unpaired) electrons. The van der Waals surface area contributed by atoms with E-state index >= 15 is 0 Å². The van der Waals surface area contributed by atoms with E-state index in [2.05, 4.69) is 12.2 Å². The summed E-state index contributed by atoms with van der Waals surface area (Å²) in [6, 6.07) is 0. The molecular formula is C10H16Cl3Zr. The Labute approximate surface area is 120 Å². The second-order valence-corrected chi connectivity index (χ2v) is 5.01. The number of halogens is 3. The van der Waals surface area contributed by atoms with Crippen LogP contribution in [0.1, 0.15) is 32.1 Å². The second kappa shape index (κ2) is 8.39. The zero-order valence-electron chi connectivity index (χ0n) is 7.99. The van der Waals surface area contributed by atoms with E-state index in [1.165, 1.54) is 32.1 Å². The molecule has 0 aromatic carbocycles. The Morgan fingerprint density at radius 1 is 1.07 bits per heavy atom. The Balaban J connectivity index is 0. The minimum absolute atomic E-state index is 0. The monoisotopic (exact) mass is 331 g/mol. The zero-order chi connectivity index (χ0) is 7.68. The Bertz CT molecular complexity index is 217. The molecule has 0 aliphatic heterocycles. The fourth-order valence-electron chi connectivity index (χ4n) is 2.14. The molecule has 0 atom stereocenters. The van der Waals surface area contributed by atoms with Crippen molar-refractivity contribution in [3.05, 3.63) is 21.0 Å². The predicted octanol–water partition coefficient (Wildman–Crippen LogP) is 4.20. The maximum absolute atomic E-state index is 2.38. The van der Waals surface area contributed by atoms with E-state index in [0.29, 0.717) is 0 Å². The molecule has 2 aliphatic rings. The first-order chi connectivity index (χ1) is 5.38. The van der Waals surface area contributed by atoms with Gasteiger partial charge in [-0.15, -0.1) is 37.2 Å². The summed E-state index contributed by atoms with van der Waals surface area (Å²) < 4.78 is 1.71. The van der Waals surface area contributed by atoms with Crippen LogP contribution in [0.2, 0.25) is 0 Å². The Hall–Kier alpha value is 1.23. The number of rotatable bonds is 1. The SMILES string of the molecule is Cl.Cl.Cl.[Zr][C]1=C(C2CCCC2)C=CC1. The normalized spacial score (nSPS) is 19.9. The van der Waals surface area contributed by atoms with E-state index in [9.17, 15) is 0 Å². The van der Waals surface area contributed by atoms with Crippen molar-refractivity contribution in [2.75, 3.05) is 0 Å². The molecule has 0 spiro atoms. The van der Waals surface area contributed by atoms with E-state index in [0.717, 1.165) is 5.92 Å². The van der Waals surface area contributed by atoms with Crippen molar-refractivity contribution in [1.29, 1.82) is 0 Å². The minimum atomic E-state index is 0. The summed E-state index contributed by atoms with van der Waals surface area (Å²) in [5, 5.41) is 0. The molecule has 4 heteroatoms. The van der Waals surface area contributed by atoms with Crippen LogP contribution >= 0.6 is 37.2 Å². The van der Waals surface area contributed by atoms with Crippen LogP contribution in [0.3, 0.4) is 0 Å². The summed E-state index contributed by atoms with van der Waals surface area (Å²) in [6.07, 6.45) is 11.8. The first-order valence-electron chi connectivity index (χ1n) is 4.49. The van der Waals surface area contributed by atoms with Crippen molar-refractivity contribution in [3.8, 4) is 0 Å².